The number of carbonyl (C=O) groups is 1. The molecule has 0 unspecified atom stereocenters. The van der Waals surface area contributed by atoms with E-state index in [-0.39, 0.29) is 17.5 Å². The first-order valence-electron chi connectivity index (χ1n) is 8.83. The molecule has 1 saturated carbocycles. The number of hydrogen-bond donors (Lipinski definition) is 0. The first-order valence-corrected chi connectivity index (χ1v) is 8.83. The lowest BCUT2D eigenvalue weighted by Crippen LogP contribution is -2.31. The number of esters is 1. The molecule has 0 heterocycles. The van der Waals surface area contributed by atoms with Crippen LogP contribution in [0.2, 0.25) is 0 Å². The monoisotopic (exact) mass is 313 g/mol. The molecular formula is C20H27NO2. The van der Waals surface area contributed by atoms with E-state index in [0.717, 1.165) is 51.4 Å². The van der Waals surface area contributed by atoms with E-state index in [4.69, 9.17) is 4.74 Å². The van der Waals surface area contributed by atoms with Crippen LogP contribution in [0.5, 0.6) is 0 Å². The lowest BCUT2D eigenvalue weighted by atomic mass is 9.71. The van der Waals surface area contributed by atoms with Crippen LogP contribution < -0.4 is 0 Å². The van der Waals surface area contributed by atoms with Crippen LogP contribution >= 0.6 is 0 Å². The zero-order chi connectivity index (χ0) is 16.7. The van der Waals surface area contributed by atoms with Crippen LogP contribution in [0.15, 0.2) is 24.3 Å². The number of rotatable bonds is 6. The van der Waals surface area contributed by atoms with Crippen LogP contribution in [0.4, 0.5) is 0 Å². The largest absolute Gasteiger partial charge is 0.459 e. The molecule has 124 valence electrons. The van der Waals surface area contributed by atoms with E-state index in [2.05, 4.69) is 19.9 Å². The van der Waals surface area contributed by atoms with Gasteiger partial charge in [-0.15, -0.1) is 0 Å². The molecule has 0 amide bonds. The summed E-state index contributed by atoms with van der Waals surface area (Å²) in [4.78, 5) is 12.3. The van der Waals surface area contributed by atoms with Crippen molar-refractivity contribution < 1.29 is 9.53 Å². The topological polar surface area (TPSA) is 50.1 Å². The Hall–Kier alpha value is -1.82. The molecule has 1 aliphatic carbocycles. The van der Waals surface area contributed by atoms with Crippen molar-refractivity contribution in [2.24, 2.45) is 5.41 Å². The Morgan fingerprint density at radius 1 is 1.22 bits per heavy atom. The summed E-state index contributed by atoms with van der Waals surface area (Å²) in [5, 5.41) is 9.43. The van der Waals surface area contributed by atoms with Gasteiger partial charge in [0.05, 0.1) is 17.0 Å². The van der Waals surface area contributed by atoms with Gasteiger partial charge >= 0.3 is 5.97 Å². The molecule has 1 aromatic rings. The number of hydrogen-bond acceptors (Lipinski definition) is 3. The van der Waals surface area contributed by atoms with Crippen LogP contribution in [0, 0.1) is 16.7 Å². The minimum Gasteiger partial charge on any atom is -0.459 e. The molecule has 0 N–H and O–H groups in total. The second-order valence-electron chi connectivity index (χ2n) is 6.69. The van der Waals surface area contributed by atoms with E-state index in [1.54, 1.807) is 0 Å². The van der Waals surface area contributed by atoms with Gasteiger partial charge in [-0.25, -0.2) is 4.79 Å². The summed E-state index contributed by atoms with van der Waals surface area (Å²) in [5.74, 6) is -0.238. The maximum atomic E-state index is 12.3. The zero-order valence-electron chi connectivity index (χ0n) is 14.3. The molecule has 0 saturated heterocycles. The Morgan fingerprint density at radius 3 is 2.39 bits per heavy atom. The SMILES string of the molecule is CCCc1ccc(C(=O)O[C@H]2CC[C@](C#N)(CCC)CC2)cc1. The van der Waals surface area contributed by atoms with Crippen LogP contribution in [-0.2, 0) is 11.2 Å². The van der Waals surface area contributed by atoms with Gasteiger partial charge in [0.2, 0.25) is 0 Å². The smallest absolute Gasteiger partial charge is 0.338 e. The van der Waals surface area contributed by atoms with Gasteiger partial charge in [0.15, 0.2) is 0 Å². The van der Waals surface area contributed by atoms with Crippen molar-refractivity contribution in [3.8, 4) is 6.07 Å². The molecule has 2 rings (SSSR count). The van der Waals surface area contributed by atoms with Crippen molar-refractivity contribution >= 4 is 5.97 Å². The minimum absolute atomic E-state index is 0.0452. The Balaban J connectivity index is 1.88. The Labute approximate surface area is 139 Å². The van der Waals surface area contributed by atoms with Gasteiger partial charge < -0.3 is 4.74 Å². The normalized spacial score (nSPS) is 24.0. The zero-order valence-corrected chi connectivity index (χ0v) is 14.3. The van der Waals surface area contributed by atoms with Crippen molar-refractivity contribution in [2.45, 2.75) is 71.3 Å². The van der Waals surface area contributed by atoms with Crippen LogP contribution in [0.3, 0.4) is 0 Å². The van der Waals surface area contributed by atoms with E-state index >= 15 is 0 Å². The molecule has 1 fully saturated rings. The number of nitriles is 1. The molecule has 0 aliphatic heterocycles. The fraction of sp³-hybridized carbons (Fsp3) is 0.600. The fourth-order valence-electron chi connectivity index (χ4n) is 3.47. The van der Waals surface area contributed by atoms with Gasteiger partial charge in [0.1, 0.15) is 6.10 Å². The summed E-state index contributed by atoms with van der Waals surface area (Å²) < 4.78 is 5.64. The molecule has 3 nitrogen and oxygen atoms in total. The molecule has 1 aliphatic rings. The highest BCUT2D eigenvalue weighted by molar-refractivity contribution is 5.89. The number of benzene rings is 1. The summed E-state index contributed by atoms with van der Waals surface area (Å²) in [6, 6.07) is 10.2. The predicted octanol–water partition coefficient (Wildman–Crippen LogP) is 5.05. The number of ether oxygens (including phenoxy) is 1. The van der Waals surface area contributed by atoms with Crippen molar-refractivity contribution in [1.82, 2.24) is 0 Å². The lowest BCUT2D eigenvalue weighted by Gasteiger charge is -2.34. The van der Waals surface area contributed by atoms with Crippen molar-refractivity contribution in [1.29, 1.82) is 5.26 Å². The fourth-order valence-corrected chi connectivity index (χ4v) is 3.47. The molecule has 0 radical (unpaired) electrons. The molecule has 1 aromatic carbocycles. The summed E-state index contributed by atoms with van der Waals surface area (Å²) >= 11 is 0. The molecule has 0 aromatic heterocycles. The first kappa shape index (κ1) is 17.5. The van der Waals surface area contributed by atoms with Gasteiger partial charge in [-0.05, 0) is 56.2 Å². The third kappa shape index (κ3) is 4.58. The standard InChI is InChI=1S/C20H27NO2/c1-3-5-16-6-8-17(9-7-16)19(22)23-18-10-13-20(15-21,12-4-2)14-11-18/h6-9,18H,3-5,10-14H2,1-2H3/t18-,20+. The Bertz CT molecular complexity index is 548. The van der Waals surface area contributed by atoms with E-state index in [1.165, 1.54) is 5.56 Å². The average Bonchev–Trinajstić information content (AvgIpc) is 2.58. The summed E-state index contributed by atoms with van der Waals surface area (Å²) in [7, 11) is 0. The Kier molecular flexibility index (Phi) is 6.21. The van der Waals surface area contributed by atoms with Crippen LogP contribution in [0.25, 0.3) is 0 Å². The van der Waals surface area contributed by atoms with Gasteiger partial charge in [0, 0.05) is 0 Å². The number of carbonyl (C=O) groups excluding carboxylic acids is 1. The van der Waals surface area contributed by atoms with E-state index < -0.39 is 0 Å². The van der Waals surface area contributed by atoms with E-state index in [9.17, 15) is 10.1 Å². The minimum atomic E-state index is -0.238. The van der Waals surface area contributed by atoms with Crippen molar-refractivity contribution in [3.05, 3.63) is 35.4 Å². The molecule has 0 atom stereocenters. The summed E-state index contributed by atoms with van der Waals surface area (Å²) in [6.45, 7) is 4.26. The average molecular weight is 313 g/mol. The molecule has 0 bridgehead atoms. The number of nitrogens with zero attached hydrogens (tertiary/aromatic N) is 1. The molecule has 23 heavy (non-hydrogen) atoms. The second kappa shape index (κ2) is 8.15. The highest BCUT2D eigenvalue weighted by atomic mass is 16.5. The van der Waals surface area contributed by atoms with Crippen LogP contribution in [-0.4, -0.2) is 12.1 Å². The highest BCUT2D eigenvalue weighted by Gasteiger charge is 2.36. The Morgan fingerprint density at radius 2 is 1.87 bits per heavy atom. The van der Waals surface area contributed by atoms with Crippen molar-refractivity contribution in [2.75, 3.05) is 0 Å². The third-order valence-corrected chi connectivity index (χ3v) is 4.86. The molecular weight excluding hydrogens is 286 g/mol. The van der Waals surface area contributed by atoms with Gasteiger partial charge in [-0.1, -0.05) is 38.8 Å². The molecule has 0 spiro atoms. The quantitative estimate of drug-likeness (QED) is 0.691. The maximum absolute atomic E-state index is 12.3. The van der Waals surface area contributed by atoms with Gasteiger partial charge in [0.25, 0.3) is 0 Å². The predicted molar refractivity (Wildman–Crippen MR) is 91.1 cm³/mol. The summed E-state index contributed by atoms with van der Waals surface area (Å²) in [5.41, 5.74) is 1.68. The number of aryl methyl sites for hydroxylation is 1. The highest BCUT2D eigenvalue weighted by Crippen LogP contribution is 2.40. The van der Waals surface area contributed by atoms with Gasteiger partial charge in [-0.2, -0.15) is 5.26 Å². The third-order valence-electron chi connectivity index (χ3n) is 4.86. The van der Waals surface area contributed by atoms with Gasteiger partial charge in [-0.3, -0.25) is 0 Å². The van der Waals surface area contributed by atoms with E-state index in [1.807, 2.05) is 24.3 Å². The maximum Gasteiger partial charge on any atom is 0.338 e. The lowest BCUT2D eigenvalue weighted by molar-refractivity contribution is 0.0106. The van der Waals surface area contributed by atoms with Crippen LogP contribution in [0.1, 0.15) is 74.7 Å². The first-order chi connectivity index (χ1) is 11.1. The molecule has 3 heteroatoms. The van der Waals surface area contributed by atoms with Crippen molar-refractivity contribution in [3.63, 3.8) is 0 Å². The second-order valence-corrected chi connectivity index (χ2v) is 6.69. The summed E-state index contributed by atoms with van der Waals surface area (Å²) in [6.07, 6.45) is 7.34. The van der Waals surface area contributed by atoms with E-state index in [0.29, 0.717) is 5.56 Å².